The number of anilines is 1. The molecule has 28 heavy (non-hydrogen) atoms. The van der Waals surface area contributed by atoms with Crippen LogP contribution in [0.2, 0.25) is 0 Å². The minimum atomic E-state index is -0.902. The Labute approximate surface area is 161 Å². The summed E-state index contributed by atoms with van der Waals surface area (Å²) in [5, 5.41) is 3.80. The second-order valence-corrected chi connectivity index (χ2v) is 6.55. The number of nitrogens with one attached hydrogen (secondary N) is 2. The van der Waals surface area contributed by atoms with E-state index in [4.69, 9.17) is 14.2 Å². The molecule has 1 aliphatic rings. The molecule has 2 aromatic carbocycles. The summed E-state index contributed by atoms with van der Waals surface area (Å²) in [5.41, 5.74) is 2.63. The van der Waals surface area contributed by atoms with Crippen LogP contribution in [0.25, 0.3) is 10.9 Å². The van der Waals surface area contributed by atoms with Crippen LogP contribution in [0.5, 0.6) is 11.5 Å². The van der Waals surface area contributed by atoms with Crippen LogP contribution in [-0.2, 0) is 20.7 Å². The minimum Gasteiger partial charge on any atom is -0.454 e. The Kier molecular flexibility index (Phi) is 4.89. The van der Waals surface area contributed by atoms with Gasteiger partial charge >= 0.3 is 5.97 Å². The first-order valence-corrected chi connectivity index (χ1v) is 9.05. The van der Waals surface area contributed by atoms with Gasteiger partial charge in [0.25, 0.3) is 5.91 Å². The van der Waals surface area contributed by atoms with Gasteiger partial charge in [-0.15, -0.1) is 0 Å². The first kappa shape index (κ1) is 17.9. The van der Waals surface area contributed by atoms with E-state index in [-0.39, 0.29) is 13.2 Å². The van der Waals surface area contributed by atoms with Gasteiger partial charge in [0.15, 0.2) is 17.6 Å². The highest BCUT2D eigenvalue weighted by Gasteiger charge is 2.20. The van der Waals surface area contributed by atoms with Crippen molar-refractivity contribution >= 4 is 28.5 Å². The highest BCUT2D eigenvalue weighted by molar-refractivity contribution is 5.95. The number of fused-ring (bicyclic) bond motifs is 2. The monoisotopic (exact) mass is 380 g/mol. The van der Waals surface area contributed by atoms with Crippen LogP contribution in [0.4, 0.5) is 5.69 Å². The first-order chi connectivity index (χ1) is 13.6. The van der Waals surface area contributed by atoms with Crippen LogP contribution in [-0.4, -0.2) is 29.8 Å². The number of aryl methyl sites for hydroxylation is 1. The van der Waals surface area contributed by atoms with E-state index in [1.54, 1.807) is 25.1 Å². The van der Waals surface area contributed by atoms with Gasteiger partial charge < -0.3 is 24.5 Å². The number of rotatable bonds is 6. The van der Waals surface area contributed by atoms with Crippen molar-refractivity contribution in [1.82, 2.24) is 4.98 Å². The normalized spacial score (nSPS) is 13.3. The number of aromatic amines is 1. The number of benzene rings is 2. The summed E-state index contributed by atoms with van der Waals surface area (Å²) in [6, 6.07) is 13.0. The largest absolute Gasteiger partial charge is 0.454 e. The van der Waals surface area contributed by atoms with Gasteiger partial charge in [0.05, 0.1) is 0 Å². The van der Waals surface area contributed by atoms with Crippen molar-refractivity contribution in [3.63, 3.8) is 0 Å². The van der Waals surface area contributed by atoms with Crippen LogP contribution < -0.4 is 14.8 Å². The van der Waals surface area contributed by atoms with Gasteiger partial charge in [0.2, 0.25) is 6.79 Å². The summed E-state index contributed by atoms with van der Waals surface area (Å²) in [5.74, 6) is 0.383. The van der Waals surface area contributed by atoms with Gasteiger partial charge in [-0.25, -0.2) is 0 Å². The number of hydrogen-bond donors (Lipinski definition) is 2. The van der Waals surface area contributed by atoms with E-state index in [9.17, 15) is 9.59 Å². The number of aromatic nitrogens is 1. The van der Waals surface area contributed by atoms with Crippen molar-refractivity contribution in [2.24, 2.45) is 0 Å². The van der Waals surface area contributed by atoms with Crippen molar-refractivity contribution in [3.8, 4) is 11.5 Å². The molecule has 0 radical (unpaired) electrons. The predicted octanol–water partition coefficient (Wildman–Crippen LogP) is 3.40. The van der Waals surface area contributed by atoms with Gasteiger partial charge in [0.1, 0.15) is 0 Å². The molecule has 0 spiro atoms. The molecule has 0 bridgehead atoms. The maximum absolute atomic E-state index is 12.3. The summed E-state index contributed by atoms with van der Waals surface area (Å²) in [4.78, 5) is 27.6. The van der Waals surface area contributed by atoms with Crippen LogP contribution in [0.3, 0.4) is 0 Å². The molecule has 2 heterocycles. The Morgan fingerprint density at radius 2 is 2.00 bits per heavy atom. The molecule has 1 amide bonds. The second-order valence-electron chi connectivity index (χ2n) is 6.55. The number of para-hydroxylation sites is 1. The molecule has 0 unspecified atom stereocenters. The van der Waals surface area contributed by atoms with E-state index in [0.717, 1.165) is 16.5 Å². The molecule has 1 atom stereocenters. The van der Waals surface area contributed by atoms with Gasteiger partial charge in [0, 0.05) is 35.3 Å². The third-order valence-electron chi connectivity index (χ3n) is 4.59. The number of carbonyl (C=O) groups excluding carboxylic acids is 2. The van der Waals surface area contributed by atoms with Crippen LogP contribution in [0.15, 0.2) is 48.7 Å². The van der Waals surface area contributed by atoms with E-state index in [2.05, 4.69) is 10.3 Å². The lowest BCUT2D eigenvalue weighted by molar-refractivity contribution is -0.153. The van der Waals surface area contributed by atoms with Crippen molar-refractivity contribution in [2.45, 2.75) is 25.9 Å². The Balaban J connectivity index is 1.29. The van der Waals surface area contributed by atoms with Crippen molar-refractivity contribution < 1.29 is 23.8 Å². The SMILES string of the molecule is C[C@H](OC(=O)CCc1c[nH]c2ccccc12)C(=O)Nc1ccc2c(c1)OCO2. The summed E-state index contributed by atoms with van der Waals surface area (Å²) in [6.45, 7) is 1.71. The maximum atomic E-state index is 12.3. The van der Waals surface area contributed by atoms with E-state index in [0.29, 0.717) is 23.6 Å². The molecule has 1 aliphatic heterocycles. The molecule has 4 rings (SSSR count). The molecule has 2 N–H and O–H groups in total. The van der Waals surface area contributed by atoms with Gasteiger partial charge in [-0.1, -0.05) is 18.2 Å². The molecular weight excluding hydrogens is 360 g/mol. The van der Waals surface area contributed by atoms with E-state index in [1.165, 1.54) is 0 Å². The fourth-order valence-corrected chi connectivity index (χ4v) is 3.10. The number of H-pyrrole nitrogens is 1. The van der Waals surface area contributed by atoms with E-state index < -0.39 is 18.0 Å². The molecule has 0 saturated heterocycles. The average Bonchev–Trinajstić information content (AvgIpc) is 3.32. The summed E-state index contributed by atoms with van der Waals surface area (Å²) >= 11 is 0. The van der Waals surface area contributed by atoms with Crippen molar-refractivity contribution in [3.05, 3.63) is 54.2 Å². The zero-order valence-electron chi connectivity index (χ0n) is 15.4. The fraction of sp³-hybridized carbons (Fsp3) is 0.238. The van der Waals surface area contributed by atoms with Crippen LogP contribution in [0, 0.1) is 0 Å². The Morgan fingerprint density at radius 3 is 2.89 bits per heavy atom. The molecule has 3 aromatic rings. The van der Waals surface area contributed by atoms with Crippen LogP contribution >= 0.6 is 0 Å². The fourth-order valence-electron chi connectivity index (χ4n) is 3.10. The smallest absolute Gasteiger partial charge is 0.306 e. The molecule has 1 aromatic heterocycles. The third kappa shape index (κ3) is 3.78. The first-order valence-electron chi connectivity index (χ1n) is 9.05. The molecule has 0 fully saturated rings. The van der Waals surface area contributed by atoms with E-state index >= 15 is 0 Å². The average molecular weight is 380 g/mol. The number of carbonyl (C=O) groups is 2. The highest BCUT2D eigenvalue weighted by Crippen LogP contribution is 2.34. The van der Waals surface area contributed by atoms with Gasteiger partial charge in [-0.05, 0) is 37.1 Å². The molecule has 0 aliphatic carbocycles. The van der Waals surface area contributed by atoms with Gasteiger partial charge in [-0.2, -0.15) is 0 Å². The standard InChI is InChI=1S/C21H20N2O5/c1-13(21(25)23-15-7-8-18-19(10-15)27-12-26-18)28-20(24)9-6-14-11-22-17-5-3-2-4-16(14)17/h2-5,7-8,10-11,13,22H,6,9,12H2,1H3,(H,23,25)/t13-/m0/s1. The van der Waals surface area contributed by atoms with E-state index in [1.807, 2.05) is 30.5 Å². The second kappa shape index (κ2) is 7.64. The molecule has 0 saturated carbocycles. The van der Waals surface area contributed by atoms with Crippen molar-refractivity contribution in [2.75, 3.05) is 12.1 Å². The topological polar surface area (TPSA) is 89.7 Å². The summed E-state index contributed by atoms with van der Waals surface area (Å²) in [7, 11) is 0. The zero-order chi connectivity index (χ0) is 19.5. The lowest BCUT2D eigenvalue weighted by atomic mass is 10.1. The molecule has 144 valence electrons. The molecule has 7 nitrogen and oxygen atoms in total. The number of esters is 1. The Hall–Kier alpha value is -3.48. The molecular formula is C21H20N2O5. The zero-order valence-corrected chi connectivity index (χ0v) is 15.4. The quantitative estimate of drug-likeness (QED) is 0.640. The summed E-state index contributed by atoms with van der Waals surface area (Å²) < 4.78 is 15.8. The number of hydrogen-bond acceptors (Lipinski definition) is 5. The highest BCUT2D eigenvalue weighted by atomic mass is 16.7. The molecule has 7 heteroatoms. The Bertz CT molecular complexity index is 1030. The van der Waals surface area contributed by atoms with Crippen LogP contribution in [0.1, 0.15) is 18.9 Å². The predicted molar refractivity (Wildman–Crippen MR) is 103 cm³/mol. The lowest BCUT2D eigenvalue weighted by Crippen LogP contribution is -2.30. The maximum Gasteiger partial charge on any atom is 0.306 e. The Morgan fingerprint density at radius 1 is 1.18 bits per heavy atom. The number of amides is 1. The minimum absolute atomic E-state index is 0.164. The summed E-state index contributed by atoms with van der Waals surface area (Å²) in [6.07, 6.45) is 1.73. The third-order valence-corrected chi connectivity index (χ3v) is 4.59. The number of ether oxygens (including phenoxy) is 3. The van der Waals surface area contributed by atoms with Gasteiger partial charge in [-0.3, -0.25) is 9.59 Å². The lowest BCUT2D eigenvalue weighted by Gasteiger charge is -2.13. The van der Waals surface area contributed by atoms with Crippen molar-refractivity contribution in [1.29, 1.82) is 0 Å².